The predicted octanol–water partition coefficient (Wildman–Crippen LogP) is 2.97. The van der Waals surface area contributed by atoms with E-state index in [-0.39, 0.29) is 18.3 Å². The van der Waals surface area contributed by atoms with Gasteiger partial charge in [0.05, 0.1) is 11.2 Å². The lowest BCUT2D eigenvalue weighted by molar-refractivity contribution is 0.00578. The third-order valence-corrected chi connectivity index (χ3v) is 3.02. The van der Waals surface area contributed by atoms with Crippen molar-refractivity contribution in [3.63, 3.8) is 0 Å². The molecule has 1 fully saturated rings. The van der Waals surface area contributed by atoms with Gasteiger partial charge in [0, 0.05) is 0 Å². The van der Waals surface area contributed by atoms with Crippen LogP contribution < -0.4 is 0 Å². The second kappa shape index (κ2) is 4.07. The van der Waals surface area contributed by atoms with Crippen molar-refractivity contribution in [3.8, 4) is 0 Å². The Morgan fingerprint density at radius 1 is 1.07 bits per heavy atom. The zero-order chi connectivity index (χ0) is 10.8. The standard InChI is InChI=1S/C11H21BO2/c1-6-7-8-9-12-13-10(2,3)11(4,5)14-12/h8-9H,6-7H2,1-5H3. The molecule has 1 aliphatic rings. The first-order valence-corrected chi connectivity index (χ1v) is 5.41. The fraction of sp³-hybridized carbons (Fsp3) is 0.818. The first-order valence-electron chi connectivity index (χ1n) is 5.41. The molecule has 0 atom stereocenters. The predicted molar refractivity (Wildman–Crippen MR) is 60.1 cm³/mol. The minimum atomic E-state index is -0.214. The van der Waals surface area contributed by atoms with E-state index in [4.69, 9.17) is 9.31 Å². The lowest BCUT2D eigenvalue weighted by Crippen LogP contribution is -2.41. The zero-order valence-corrected chi connectivity index (χ0v) is 9.96. The highest BCUT2D eigenvalue weighted by Crippen LogP contribution is 2.36. The van der Waals surface area contributed by atoms with E-state index in [0.717, 1.165) is 12.8 Å². The van der Waals surface area contributed by atoms with Crippen molar-refractivity contribution >= 4 is 7.12 Å². The van der Waals surface area contributed by atoms with Gasteiger partial charge < -0.3 is 9.31 Å². The maximum atomic E-state index is 5.80. The van der Waals surface area contributed by atoms with Crippen molar-refractivity contribution in [1.29, 1.82) is 0 Å². The zero-order valence-electron chi connectivity index (χ0n) is 9.96. The highest BCUT2D eigenvalue weighted by molar-refractivity contribution is 6.51. The number of allylic oxidation sites excluding steroid dienone is 1. The summed E-state index contributed by atoms with van der Waals surface area (Å²) in [6.45, 7) is 10.4. The van der Waals surface area contributed by atoms with Crippen LogP contribution in [0.25, 0.3) is 0 Å². The molecule has 0 amide bonds. The summed E-state index contributed by atoms with van der Waals surface area (Å²) in [6, 6.07) is 0. The summed E-state index contributed by atoms with van der Waals surface area (Å²) in [7, 11) is -0.174. The van der Waals surface area contributed by atoms with Crippen LogP contribution in [-0.2, 0) is 9.31 Å². The van der Waals surface area contributed by atoms with Gasteiger partial charge in [0.15, 0.2) is 0 Å². The van der Waals surface area contributed by atoms with Crippen molar-refractivity contribution in [2.24, 2.45) is 0 Å². The summed E-state index contributed by atoms with van der Waals surface area (Å²) < 4.78 is 11.6. The van der Waals surface area contributed by atoms with E-state index < -0.39 is 0 Å². The van der Waals surface area contributed by atoms with Gasteiger partial charge in [0.2, 0.25) is 0 Å². The van der Waals surface area contributed by atoms with Crippen molar-refractivity contribution in [2.75, 3.05) is 0 Å². The molecule has 0 aliphatic carbocycles. The van der Waals surface area contributed by atoms with E-state index in [9.17, 15) is 0 Å². The molecule has 0 radical (unpaired) electrons. The van der Waals surface area contributed by atoms with Crippen molar-refractivity contribution in [1.82, 2.24) is 0 Å². The maximum Gasteiger partial charge on any atom is 0.486 e. The van der Waals surface area contributed by atoms with Crippen molar-refractivity contribution in [2.45, 2.75) is 58.7 Å². The van der Waals surface area contributed by atoms with Crippen molar-refractivity contribution < 1.29 is 9.31 Å². The molecule has 3 heteroatoms. The molecule has 0 unspecified atom stereocenters. The van der Waals surface area contributed by atoms with Crippen LogP contribution in [0.5, 0.6) is 0 Å². The minimum Gasteiger partial charge on any atom is -0.400 e. The molecule has 1 saturated heterocycles. The third-order valence-electron chi connectivity index (χ3n) is 3.02. The molecule has 0 aromatic carbocycles. The van der Waals surface area contributed by atoms with Gasteiger partial charge in [-0.1, -0.05) is 25.4 Å². The van der Waals surface area contributed by atoms with E-state index in [1.54, 1.807) is 0 Å². The fourth-order valence-corrected chi connectivity index (χ4v) is 1.34. The average molecular weight is 196 g/mol. The minimum absolute atomic E-state index is 0.174. The highest BCUT2D eigenvalue weighted by atomic mass is 16.7. The van der Waals surface area contributed by atoms with Gasteiger partial charge in [-0.05, 0) is 34.1 Å². The summed E-state index contributed by atoms with van der Waals surface area (Å²) in [5.74, 6) is 2.01. The number of hydrogen-bond acceptors (Lipinski definition) is 2. The van der Waals surface area contributed by atoms with E-state index in [0.29, 0.717) is 0 Å². The molecule has 1 aliphatic heterocycles. The normalized spacial score (nSPS) is 24.8. The monoisotopic (exact) mass is 196 g/mol. The maximum absolute atomic E-state index is 5.80. The molecule has 1 heterocycles. The SMILES string of the molecule is CCCC=CB1OC(C)(C)C(C)(C)O1. The van der Waals surface area contributed by atoms with Gasteiger partial charge in [-0.3, -0.25) is 0 Å². The number of unbranched alkanes of at least 4 members (excludes halogenated alkanes) is 1. The van der Waals surface area contributed by atoms with Gasteiger partial charge in [-0.25, -0.2) is 0 Å². The van der Waals surface area contributed by atoms with E-state index >= 15 is 0 Å². The molecular formula is C11H21BO2. The van der Waals surface area contributed by atoms with E-state index in [1.165, 1.54) is 0 Å². The molecule has 14 heavy (non-hydrogen) atoms. The summed E-state index contributed by atoms with van der Waals surface area (Å²) in [4.78, 5) is 0. The van der Waals surface area contributed by atoms with Gasteiger partial charge in [0.1, 0.15) is 0 Å². The van der Waals surface area contributed by atoms with E-state index in [2.05, 4.69) is 40.7 Å². The Labute approximate surface area is 87.8 Å². The van der Waals surface area contributed by atoms with Gasteiger partial charge in [-0.2, -0.15) is 0 Å². The quantitative estimate of drug-likeness (QED) is 0.646. The Balaban J connectivity index is 2.55. The number of hydrogen-bond donors (Lipinski definition) is 0. The second-order valence-electron chi connectivity index (χ2n) is 4.84. The van der Waals surface area contributed by atoms with Gasteiger partial charge in [0.25, 0.3) is 0 Å². The first-order chi connectivity index (χ1) is 6.39. The smallest absolute Gasteiger partial charge is 0.400 e. The molecule has 0 aromatic heterocycles. The number of rotatable bonds is 3. The Morgan fingerprint density at radius 3 is 2.00 bits per heavy atom. The molecule has 0 N–H and O–H groups in total. The van der Waals surface area contributed by atoms with Crippen LogP contribution in [0.3, 0.4) is 0 Å². The summed E-state index contributed by atoms with van der Waals surface area (Å²) >= 11 is 0. The lowest BCUT2D eigenvalue weighted by Gasteiger charge is -2.32. The van der Waals surface area contributed by atoms with Crippen LogP contribution in [0, 0.1) is 0 Å². The Morgan fingerprint density at radius 2 is 1.57 bits per heavy atom. The molecule has 1 rings (SSSR count). The van der Waals surface area contributed by atoms with Crippen LogP contribution in [-0.4, -0.2) is 18.3 Å². The Hall–Kier alpha value is -0.275. The third kappa shape index (κ3) is 2.40. The average Bonchev–Trinajstić information content (AvgIpc) is 2.21. The van der Waals surface area contributed by atoms with Crippen LogP contribution in [0.15, 0.2) is 12.1 Å². The molecule has 0 saturated carbocycles. The lowest BCUT2D eigenvalue weighted by atomic mass is 9.89. The van der Waals surface area contributed by atoms with Crippen LogP contribution >= 0.6 is 0 Å². The summed E-state index contributed by atoms with van der Waals surface area (Å²) in [6.07, 6.45) is 4.38. The molecule has 0 bridgehead atoms. The Bertz CT molecular complexity index is 205. The second-order valence-corrected chi connectivity index (χ2v) is 4.84. The molecule has 80 valence electrons. The molecule has 2 nitrogen and oxygen atoms in total. The van der Waals surface area contributed by atoms with Crippen LogP contribution in [0.2, 0.25) is 0 Å². The highest BCUT2D eigenvalue weighted by Gasteiger charge is 2.49. The summed E-state index contributed by atoms with van der Waals surface area (Å²) in [5.41, 5.74) is -0.428. The van der Waals surface area contributed by atoms with Crippen LogP contribution in [0.1, 0.15) is 47.5 Å². The molecular weight excluding hydrogens is 175 g/mol. The van der Waals surface area contributed by atoms with Gasteiger partial charge >= 0.3 is 7.12 Å². The first kappa shape index (κ1) is 11.8. The molecule has 0 spiro atoms. The largest absolute Gasteiger partial charge is 0.486 e. The van der Waals surface area contributed by atoms with E-state index in [1.807, 2.05) is 5.98 Å². The van der Waals surface area contributed by atoms with Crippen LogP contribution in [0.4, 0.5) is 0 Å². The van der Waals surface area contributed by atoms with Gasteiger partial charge in [-0.15, -0.1) is 0 Å². The molecule has 0 aromatic rings. The Kier molecular flexibility index (Phi) is 3.43. The topological polar surface area (TPSA) is 18.5 Å². The van der Waals surface area contributed by atoms with Crippen molar-refractivity contribution in [3.05, 3.63) is 12.1 Å². The summed E-state index contributed by atoms with van der Waals surface area (Å²) in [5, 5.41) is 0. The fourth-order valence-electron chi connectivity index (χ4n) is 1.34.